The van der Waals surface area contributed by atoms with Crippen LogP contribution in [0, 0.1) is 6.92 Å². The van der Waals surface area contributed by atoms with Gasteiger partial charge in [0.25, 0.3) is 0 Å². The van der Waals surface area contributed by atoms with Crippen LogP contribution in [0.5, 0.6) is 0 Å². The lowest BCUT2D eigenvalue weighted by Gasteiger charge is -2.20. The van der Waals surface area contributed by atoms with Crippen LogP contribution < -0.4 is 4.90 Å². The first-order valence-corrected chi connectivity index (χ1v) is 7.99. The van der Waals surface area contributed by atoms with Crippen molar-refractivity contribution >= 4 is 34.6 Å². The largest absolute Gasteiger partial charge is 0.466 e. The van der Waals surface area contributed by atoms with E-state index in [0.29, 0.717) is 19.6 Å². The Morgan fingerprint density at radius 3 is 2.82 bits per heavy atom. The van der Waals surface area contributed by atoms with E-state index in [9.17, 15) is 4.79 Å². The molecule has 0 saturated heterocycles. The third-order valence-electron chi connectivity index (χ3n) is 3.43. The third-order valence-corrected chi connectivity index (χ3v) is 3.84. The summed E-state index contributed by atoms with van der Waals surface area (Å²) in [6, 6.07) is 3.85. The van der Waals surface area contributed by atoms with Gasteiger partial charge in [0.2, 0.25) is 5.95 Å². The first-order chi connectivity index (χ1) is 10.5. The van der Waals surface area contributed by atoms with Crippen LogP contribution in [-0.4, -0.2) is 35.6 Å². The van der Waals surface area contributed by atoms with Gasteiger partial charge in [0.15, 0.2) is 0 Å². The molecule has 0 amide bonds. The normalized spacial score (nSPS) is 10.9. The van der Waals surface area contributed by atoms with Crippen molar-refractivity contribution in [2.45, 2.75) is 33.6 Å². The topological polar surface area (TPSA) is 58.2 Å². The number of halogens is 1. The maximum absolute atomic E-state index is 11.5. The van der Waals surface area contributed by atoms with E-state index in [0.717, 1.165) is 40.5 Å². The maximum Gasteiger partial charge on any atom is 0.307 e. The second-order valence-corrected chi connectivity index (χ2v) is 5.63. The summed E-state index contributed by atoms with van der Waals surface area (Å²) in [6.45, 7) is 7.69. The Bertz CT molecular complexity index is 615. The third kappa shape index (κ3) is 3.91. The summed E-state index contributed by atoms with van der Waals surface area (Å²) >= 11 is 6.15. The van der Waals surface area contributed by atoms with E-state index in [-0.39, 0.29) is 5.97 Å². The highest BCUT2D eigenvalue weighted by molar-refractivity contribution is 6.32. The molecule has 22 heavy (non-hydrogen) atoms. The first kappa shape index (κ1) is 16.6. The Labute approximate surface area is 135 Å². The summed E-state index contributed by atoms with van der Waals surface area (Å²) in [7, 11) is 0. The van der Waals surface area contributed by atoms with E-state index in [2.05, 4.69) is 21.8 Å². The van der Waals surface area contributed by atoms with Crippen molar-refractivity contribution in [2.75, 3.05) is 24.6 Å². The van der Waals surface area contributed by atoms with Gasteiger partial charge in [0.05, 0.1) is 24.1 Å². The molecule has 0 aliphatic carbocycles. The SMILES string of the molecule is CCCN(CCC(=O)OCC)c1nc2cc(C)c(Cl)cc2[nH]1. The summed E-state index contributed by atoms with van der Waals surface area (Å²) in [6.07, 6.45) is 1.32. The van der Waals surface area contributed by atoms with Crippen molar-refractivity contribution in [2.24, 2.45) is 0 Å². The number of nitrogens with zero attached hydrogens (tertiary/aromatic N) is 2. The molecule has 0 atom stereocenters. The smallest absolute Gasteiger partial charge is 0.307 e. The fourth-order valence-corrected chi connectivity index (χ4v) is 2.49. The van der Waals surface area contributed by atoms with E-state index < -0.39 is 0 Å². The number of esters is 1. The molecule has 0 fully saturated rings. The minimum atomic E-state index is -0.182. The molecule has 1 heterocycles. The van der Waals surface area contributed by atoms with E-state index >= 15 is 0 Å². The number of aromatic nitrogens is 2. The highest BCUT2D eigenvalue weighted by Crippen LogP contribution is 2.24. The van der Waals surface area contributed by atoms with Gasteiger partial charge < -0.3 is 14.6 Å². The van der Waals surface area contributed by atoms with Crippen molar-refractivity contribution < 1.29 is 9.53 Å². The van der Waals surface area contributed by atoms with Crippen LogP contribution in [-0.2, 0) is 9.53 Å². The molecule has 2 rings (SSSR count). The van der Waals surface area contributed by atoms with Crippen molar-refractivity contribution in [1.82, 2.24) is 9.97 Å². The van der Waals surface area contributed by atoms with Gasteiger partial charge in [-0.1, -0.05) is 18.5 Å². The molecule has 1 N–H and O–H groups in total. The number of nitrogens with one attached hydrogen (secondary N) is 1. The summed E-state index contributed by atoms with van der Waals surface area (Å²) in [4.78, 5) is 21.5. The number of carbonyl (C=O) groups is 1. The summed E-state index contributed by atoms with van der Waals surface area (Å²) in [5.41, 5.74) is 2.79. The number of aromatic amines is 1. The van der Waals surface area contributed by atoms with E-state index in [1.165, 1.54) is 0 Å². The lowest BCUT2D eigenvalue weighted by molar-refractivity contribution is -0.142. The van der Waals surface area contributed by atoms with E-state index in [1.807, 2.05) is 26.0 Å². The Balaban J connectivity index is 2.18. The zero-order valence-electron chi connectivity index (χ0n) is 13.3. The maximum atomic E-state index is 11.5. The minimum absolute atomic E-state index is 0.182. The van der Waals surface area contributed by atoms with E-state index in [4.69, 9.17) is 16.3 Å². The van der Waals surface area contributed by atoms with Gasteiger partial charge in [0, 0.05) is 18.1 Å². The van der Waals surface area contributed by atoms with Gasteiger partial charge in [-0.3, -0.25) is 4.79 Å². The molecule has 0 unspecified atom stereocenters. The Hall–Kier alpha value is -1.75. The fourth-order valence-electron chi connectivity index (χ4n) is 2.32. The summed E-state index contributed by atoms with van der Waals surface area (Å²) < 4.78 is 4.98. The van der Waals surface area contributed by atoms with Crippen LogP contribution in [0.4, 0.5) is 5.95 Å². The molecular formula is C16H22ClN3O2. The Morgan fingerprint density at radius 2 is 2.14 bits per heavy atom. The molecular weight excluding hydrogens is 302 g/mol. The number of anilines is 1. The van der Waals surface area contributed by atoms with Crippen LogP contribution in [0.25, 0.3) is 11.0 Å². The number of ether oxygens (including phenoxy) is 1. The average Bonchev–Trinajstić information content (AvgIpc) is 2.87. The average molecular weight is 324 g/mol. The number of rotatable bonds is 7. The Morgan fingerprint density at radius 1 is 1.36 bits per heavy atom. The molecule has 0 aliphatic heterocycles. The van der Waals surface area contributed by atoms with Crippen LogP contribution >= 0.6 is 11.6 Å². The van der Waals surface area contributed by atoms with Gasteiger partial charge in [-0.05, 0) is 38.0 Å². The van der Waals surface area contributed by atoms with E-state index in [1.54, 1.807) is 0 Å². The predicted octanol–water partition coefficient (Wildman–Crippen LogP) is 3.69. The number of benzene rings is 1. The van der Waals surface area contributed by atoms with Crippen LogP contribution in [0.15, 0.2) is 12.1 Å². The molecule has 2 aromatic rings. The molecule has 6 heteroatoms. The summed E-state index contributed by atoms with van der Waals surface area (Å²) in [5, 5.41) is 0.719. The van der Waals surface area contributed by atoms with Crippen molar-refractivity contribution in [3.8, 4) is 0 Å². The number of fused-ring (bicyclic) bond motifs is 1. The Kier molecular flexibility index (Phi) is 5.66. The van der Waals surface area contributed by atoms with Crippen molar-refractivity contribution in [3.05, 3.63) is 22.7 Å². The second kappa shape index (κ2) is 7.49. The molecule has 0 aliphatic rings. The molecule has 0 saturated carbocycles. The monoisotopic (exact) mass is 323 g/mol. The van der Waals surface area contributed by atoms with Gasteiger partial charge in [-0.25, -0.2) is 4.98 Å². The predicted molar refractivity (Wildman–Crippen MR) is 89.6 cm³/mol. The fraction of sp³-hybridized carbons (Fsp3) is 0.500. The molecule has 0 radical (unpaired) electrons. The van der Waals surface area contributed by atoms with Gasteiger partial charge >= 0.3 is 5.97 Å². The number of H-pyrrole nitrogens is 1. The number of aryl methyl sites for hydroxylation is 1. The number of hydrogen-bond acceptors (Lipinski definition) is 4. The number of hydrogen-bond donors (Lipinski definition) is 1. The summed E-state index contributed by atoms with van der Waals surface area (Å²) in [5.74, 6) is 0.585. The van der Waals surface area contributed by atoms with Crippen LogP contribution in [0.3, 0.4) is 0 Å². The van der Waals surface area contributed by atoms with Crippen LogP contribution in [0.1, 0.15) is 32.3 Å². The molecule has 120 valence electrons. The standard InChI is InChI=1S/C16H22ClN3O2/c1-4-7-20(8-6-15(21)22-5-2)16-18-13-9-11(3)12(17)10-14(13)19-16/h9-10H,4-8H2,1-3H3,(H,18,19). The van der Waals surface area contributed by atoms with Gasteiger partial charge in [0.1, 0.15) is 0 Å². The quantitative estimate of drug-likeness (QED) is 0.789. The highest BCUT2D eigenvalue weighted by atomic mass is 35.5. The highest BCUT2D eigenvalue weighted by Gasteiger charge is 2.14. The second-order valence-electron chi connectivity index (χ2n) is 5.22. The lowest BCUT2D eigenvalue weighted by atomic mass is 10.2. The zero-order valence-corrected chi connectivity index (χ0v) is 14.0. The molecule has 1 aromatic heterocycles. The molecule has 0 spiro atoms. The molecule has 0 bridgehead atoms. The van der Waals surface area contributed by atoms with Crippen molar-refractivity contribution in [1.29, 1.82) is 0 Å². The van der Waals surface area contributed by atoms with Crippen molar-refractivity contribution in [3.63, 3.8) is 0 Å². The number of imidazole rings is 1. The van der Waals surface area contributed by atoms with Crippen LogP contribution in [0.2, 0.25) is 5.02 Å². The molecule has 5 nitrogen and oxygen atoms in total. The number of carbonyl (C=O) groups excluding carboxylic acids is 1. The first-order valence-electron chi connectivity index (χ1n) is 7.61. The molecule has 1 aromatic carbocycles. The van der Waals surface area contributed by atoms with Gasteiger partial charge in [-0.15, -0.1) is 0 Å². The minimum Gasteiger partial charge on any atom is -0.466 e. The lowest BCUT2D eigenvalue weighted by Crippen LogP contribution is -2.28. The zero-order chi connectivity index (χ0) is 16.1. The van der Waals surface area contributed by atoms with Gasteiger partial charge in [-0.2, -0.15) is 0 Å².